The smallest absolute Gasteiger partial charge is 0.305 e. The second-order valence-corrected chi connectivity index (χ2v) is 19.6. The number of unbranched alkanes of at least 4 members (excludes halogenated alkanes) is 42. The van der Waals surface area contributed by atoms with Crippen LogP contribution in [0.25, 0.3) is 0 Å². The summed E-state index contributed by atoms with van der Waals surface area (Å²) in [7, 11) is 0. The van der Waals surface area contributed by atoms with Gasteiger partial charge in [-0.2, -0.15) is 0 Å². The molecule has 0 aromatic rings. The summed E-state index contributed by atoms with van der Waals surface area (Å²) in [6.07, 6.45) is 62.2. The van der Waals surface area contributed by atoms with E-state index in [4.69, 9.17) is 4.74 Å². The quantitative estimate of drug-likeness (QED) is 0.0321. The zero-order chi connectivity index (χ0) is 45.8. The molecule has 0 aromatic heterocycles. The molecule has 0 aromatic carbocycles. The van der Waals surface area contributed by atoms with Crippen LogP contribution in [0.1, 0.15) is 316 Å². The molecule has 0 aliphatic heterocycles. The molecular formula is C57H111NO5. The number of amides is 1. The molecule has 2 atom stereocenters. The average Bonchev–Trinajstić information content (AvgIpc) is 3.28. The van der Waals surface area contributed by atoms with E-state index < -0.39 is 12.1 Å². The highest BCUT2D eigenvalue weighted by Crippen LogP contribution is 2.17. The first-order valence-corrected chi connectivity index (χ1v) is 28.5. The third-order valence-electron chi connectivity index (χ3n) is 13.3. The summed E-state index contributed by atoms with van der Waals surface area (Å²) in [6, 6.07) is -0.634. The number of esters is 1. The molecule has 0 rings (SSSR count). The minimum absolute atomic E-state index is 0.00133. The molecule has 0 fully saturated rings. The number of aliphatic hydroxyl groups is 2. The number of hydrogen-bond acceptors (Lipinski definition) is 5. The van der Waals surface area contributed by atoms with E-state index in [2.05, 4.69) is 19.2 Å². The molecule has 0 bridgehead atoms. The Morgan fingerprint density at radius 2 is 0.730 bits per heavy atom. The van der Waals surface area contributed by atoms with Gasteiger partial charge in [0.1, 0.15) is 0 Å². The summed E-state index contributed by atoms with van der Waals surface area (Å²) in [5.41, 5.74) is 0. The number of hydrogen-bond donors (Lipinski definition) is 3. The molecule has 63 heavy (non-hydrogen) atoms. The van der Waals surface area contributed by atoms with Crippen LogP contribution in [-0.4, -0.2) is 47.4 Å². The second kappa shape index (κ2) is 53.2. The lowest BCUT2D eigenvalue weighted by Crippen LogP contribution is -2.45. The highest BCUT2D eigenvalue weighted by molar-refractivity contribution is 5.76. The fourth-order valence-electron chi connectivity index (χ4n) is 8.93. The topological polar surface area (TPSA) is 95.9 Å². The van der Waals surface area contributed by atoms with E-state index in [1.807, 2.05) is 6.08 Å². The zero-order valence-electron chi connectivity index (χ0n) is 42.6. The molecule has 0 saturated carbocycles. The van der Waals surface area contributed by atoms with Crippen LogP contribution in [0.4, 0.5) is 0 Å². The van der Waals surface area contributed by atoms with Crippen molar-refractivity contribution < 1.29 is 24.5 Å². The van der Waals surface area contributed by atoms with Crippen LogP contribution >= 0.6 is 0 Å². The van der Waals surface area contributed by atoms with E-state index in [-0.39, 0.29) is 18.5 Å². The molecule has 0 aliphatic carbocycles. The van der Waals surface area contributed by atoms with E-state index >= 15 is 0 Å². The van der Waals surface area contributed by atoms with E-state index in [9.17, 15) is 19.8 Å². The zero-order valence-corrected chi connectivity index (χ0v) is 42.6. The van der Waals surface area contributed by atoms with Gasteiger partial charge in [-0.05, 0) is 32.1 Å². The Morgan fingerprint density at radius 1 is 0.429 bits per heavy atom. The Bertz CT molecular complexity index is 939. The van der Waals surface area contributed by atoms with Gasteiger partial charge in [-0.3, -0.25) is 9.59 Å². The van der Waals surface area contributed by atoms with Gasteiger partial charge < -0.3 is 20.3 Å². The van der Waals surface area contributed by atoms with Crippen molar-refractivity contribution in [1.29, 1.82) is 0 Å². The molecular weight excluding hydrogens is 779 g/mol. The Balaban J connectivity index is 3.43. The fraction of sp³-hybridized carbons (Fsp3) is 0.930. The van der Waals surface area contributed by atoms with Crippen LogP contribution in [0.2, 0.25) is 0 Å². The minimum atomic E-state index is -0.850. The van der Waals surface area contributed by atoms with Crippen LogP contribution in [0.5, 0.6) is 0 Å². The number of carbonyl (C=O) groups is 2. The number of nitrogens with one attached hydrogen (secondary N) is 1. The van der Waals surface area contributed by atoms with Crippen LogP contribution < -0.4 is 5.32 Å². The van der Waals surface area contributed by atoms with Gasteiger partial charge in [-0.1, -0.05) is 283 Å². The largest absolute Gasteiger partial charge is 0.466 e. The molecule has 6 heteroatoms. The van der Waals surface area contributed by atoms with E-state index in [0.29, 0.717) is 19.4 Å². The first-order valence-electron chi connectivity index (χ1n) is 28.5. The van der Waals surface area contributed by atoms with Crippen LogP contribution in [0.3, 0.4) is 0 Å². The lowest BCUT2D eigenvalue weighted by Gasteiger charge is -2.20. The van der Waals surface area contributed by atoms with Crippen molar-refractivity contribution in [2.45, 2.75) is 328 Å². The second-order valence-electron chi connectivity index (χ2n) is 19.6. The van der Waals surface area contributed by atoms with Gasteiger partial charge >= 0.3 is 5.97 Å². The summed E-state index contributed by atoms with van der Waals surface area (Å²) in [5, 5.41) is 23.1. The third-order valence-corrected chi connectivity index (χ3v) is 13.3. The number of allylic oxidation sites excluding steroid dienone is 1. The van der Waals surface area contributed by atoms with Gasteiger partial charge in [0.05, 0.1) is 25.4 Å². The van der Waals surface area contributed by atoms with Crippen molar-refractivity contribution in [3.8, 4) is 0 Å². The van der Waals surface area contributed by atoms with E-state index in [1.54, 1.807) is 6.08 Å². The highest BCUT2D eigenvalue weighted by Gasteiger charge is 2.18. The summed E-state index contributed by atoms with van der Waals surface area (Å²) in [5.74, 6) is -0.0755. The van der Waals surface area contributed by atoms with Crippen molar-refractivity contribution in [3.63, 3.8) is 0 Å². The number of aliphatic hydroxyl groups excluding tert-OH is 2. The molecule has 0 saturated heterocycles. The lowest BCUT2D eigenvalue weighted by molar-refractivity contribution is -0.143. The lowest BCUT2D eigenvalue weighted by atomic mass is 10.0. The molecule has 0 aliphatic rings. The fourth-order valence-corrected chi connectivity index (χ4v) is 8.93. The Kier molecular flexibility index (Phi) is 52.0. The first-order chi connectivity index (χ1) is 31.0. The SMILES string of the molecule is CCCCCCCCCCCCCC/C=C/C(O)C(CO)NC(=O)CCCCCCCCCCCCCCCCOC(=O)CCCCCCCCCCCCCCCCCCCC. The van der Waals surface area contributed by atoms with Gasteiger partial charge in [-0.15, -0.1) is 0 Å². The maximum atomic E-state index is 12.4. The minimum Gasteiger partial charge on any atom is -0.466 e. The van der Waals surface area contributed by atoms with Gasteiger partial charge in [-0.25, -0.2) is 0 Å². The Labute approximate surface area is 393 Å². The van der Waals surface area contributed by atoms with Crippen LogP contribution in [0.15, 0.2) is 12.2 Å². The average molecular weight is 891 g/mol. The molecule has 6 nitrogen and oxygen atoms in total. The van der Waals surface area contributed by atoms with Crippen molar-refractivity contribution in [1.82, 2.24) is 5.32 Å². The van der Waals surface area contributed by atoms with Crippen molar-refractivity contribution >= 4 is 11.9 Å². The summed E-state index contributed by atoms with van der Waals surface area (Å²) < 4.78 is 5.49. The van der Waals surface area contributed by atoms with Crippen molar-refractivity contribution in [2.24, 2.45) is 0 Å². The van der Waals surface area contributed by atoms with Crippen LogP contribution in [0, 0.1) is 0 Å². The standard InChI is InChI=1S/C57H111NO5/c1-3-5-7-9-11-13-15-17-19-20-21-22-27-31-35-39-43-47-51-57(62)63-52-48-44-40-36-32-28-24-23-26-30-34-38-42-46-50-56(61)58-54(53-59)55(60)49-45-41-37-33-29-25-18-16-14-12-10-8-6-4-2/h45,49,54-55,59-60H,3-44,46-48,50-53H2,1-2H3,(H,58,61)/b49-45+. The van der Waals surface area contributed by atoms with Gasteiger partial charge in [0, 0.05) is 12.8 Å². The summed E-state index contributed by atoms with van der Waals surface area (Å²) in [4.78, 5) is 24.5. The molecule has 1 amide bonds. The summed E-state index contributed by atoms with van der Waals surface area (Å²) >= 11 is 0. The van der Waals surface area contributed by atoms with Gasteiger partial charge in [0.25, 0.3) is 0 Å². The van der Waals surface area contributed by atoms with E-state index in [1.165, 1.54) is 231 Å². The number of carbonyl (C=O) groups excluding carboxylic acids is 2. The maximum Gasteiger partial charge on any atom is 0.305 e. The predicted octanol–water partition coefficient (Wildman–Crippen LogP) is 17.3. The molecule has 3 N–H and O–H groups in total. The van der Waals surface area contributed by atoms with E-state index in [0.717, 1.165) is 57.8 Å². The highest BCUT2D eigenvalue weighted by atomic mass is 16.5. The first kappa shape index (κ1) is 61.6. The predicted molar refractivity (Wildman–Crippen MR) is 273 cm³/mol. The Morgan fingerprint density at radius 3 is 1.08 bits per heavy atom. The van der Waals surface area contributed by atoms with Crippen molar-refractivity contribution in [3.05, 3.63) is 12.2 Å². The molecule has 2 unspecified atom stereocenters. The Hall–Kier alpha value is -1.40. The molecule has 0 spiro atoms. The van der Waals surface area contributed by atoms with Gasteiger partial charge in [0.15, 0.2) is 0 Å². The number of ether oxygens (including phenoxy) is 1. The molecule has 0 heterocycles. The normalized spacial score (nSPS) is 12.6. The molecule has 0 radical (unpaired) electrons. The van der Waals surface area contributed by atoms with Gasteiger partial charge in [0.2, 0.25) is 5.91 Å². The summed E-state index contributed by atoms with van der Waals surface area (Å²) in [6.45, 7) is 4.90. The van der Waals surface area contributed by atoms with Crippen LogP contribution in [-0.2, 0) is 14.3 Å². The van der Waals surface area contributed by atoms with Crippen molar-refractivity contribution in [2.75, 3.05) is 13.2 Å². The third kappa shape index (κ3) is 49.9. The monoisotopic (exact) mass is 890 g/mol. The molecule has 374 valence electrons. The number of rotatable bonds is 53. The maximum absolute atomic E-state index is 12.4.